The molecule has 2 N–H and O–H groups in total. The molecule has 0 unspecified atom stereocenters. The summed E-state index contributed by atoms with van der Waals surface area (Å²) in [5.41, 5.74) is 0.815. The Morgan fingerprint density at radius 2 is 2.19 bits per heavy atom. The standard InChI is InChI=1S/C9H14ClN3O2S/c1-2-16(14,15)13-6-5-11-8-3-4-12-9(10)7-8/h3-4,7,13H,2,5-6H2,1H3,(H,11,12). The summed E-state index contributed by atoms with van der Waals surface area (Å²) in [4.78, 5) is 3.83. The Balaban J connectivity index is 2.32. The molecule has 0 saturated carbocycles. The van der Waals surface area contributed by atoms with Gasteiger partial charge in [-0.3, -0.25) is 0 Å². The minimum absolute atomic E-state index is 0.0914. The lowest BCUT2D eigenvalue weighted by molar-refractivity contribution is 0.584. The van der Waals surface area contributed by atoms with E-state index in [0.717, 1.165) is 5.69 Å². The van der Waals surface area contributed by atoms with Gasteiger partial charge in [0, 0.05) is 25.0 Å². The zero-order valence-corrected chi connectivity index (χ0v) is 10.5. The Bertz CT molecular complexity index is 436. The summed E-state index contributed by atoms with van der Waals surface area (Å²) >= 11 is 5.69. The first-order valence-electron chi connectivity index (χ1n) is 4.86. The van der Waals surface area contributed by atoms with E-state index in [0.29, 0.717) is 18.2 Å². The molecule has 0 bridgehead atoms. The third-order valence-corrected chi connectivity index (χ3v) is 3.49. The van der Waals surface area contributed by atoms with Crippen molar-refractivity contribution < 1.29 is 8.42 Å². The fourth-order valence-corrected chi connectivity index (χ4v) is 1.82. The summed E-state index contributed by atoms with van der Waals surface area (Å²) in [7, 11) is -3.11. The second kappa shape index (κ2) is 6.03. The Morgan fingerprint density at radius 3 is 2.81 bits per heavy atom. The highest BCUT2D eigenvalue weighted by atomic mass is 35.5. The number of hydrogen-bond acceptors (Lipinski definition) is 4. The third-order valence-electron chi connectivity index (χ3n) is 1.88. The predicted molar refractivity (Wildman–Crippen MR) is 65.2 cm³/mol. The van der Waals surface area contributed by atoms with Gasteiger partial charge in [-0.25, -0.2) is 18.1 Å². The first kappa shape index (κ1) is 13.2. The van der Waals surface area contributed by atoms with Crippen LogP contribution in [-0.2, 0) is 10.0 Å². The van der Waals surface area contributed by atoms with E-state index in [4.69, 9.17) is 11.6 Å². The molecule has 0 spiro atoms. The normalized spacial score (nSPS) is 11.4. The SMILES string of the molecule is CCS(=O)(=O)NCCNc1ccnc(Cl)c1. The average molecular weight is 264 g/mol. The molecule has 0 fully saturated rings. The van der Waals surface area contributed by atoms with Crippen molar-refractivity contribution >= 4 is 27.3 Å². The van der Waals surface area contributed by atoms with Gasteiger partial charge in [-0.05, 0) is 19.1 Å². The lowest BCUT2D eigenvalue weighted by atomic mass is 10.4. The number of sulfonamides is 1. The second-order valence-electron chi connectivity index (χ2n) is 3.09. The molecule has 7 heteroatoms. The van der Waals surface area contributed by atoms with Crippen LogP contribution in [0.5, 0.6) is 0 Å². The lowest BCUT2D eigenvalue weighted by Crippen LogP contribution is -2.30. The summed E-state index contributed by atoms with van der Waals surface area (Å²) in [6.07, 6.45) is 1.58. The van der Waals surface area contributed by atoms with Crippen LogP contribution in [0.4, 0.5) is 5.69 Å². The van der Waals surface area contributed by atoms with Crippen LogP contribution in [0.2, 0.25) is 5.15 Å². The highest BCUT2D eigenvalue weighted by Gasteiger charge is 2.04. The van der Waals surface area contributed by atoms with Crippen molar-refractivity contribution in [1.82, 2.24) is 9.71 Å². The number of pyridine rings is 1. The van der Waals surface area contributed by atoms with Crippen molar-refractivity contribution in [3.05, 3.63) is 23.5 Å². The van der Waals surface area contributed by atoms with Gasteiger partial charge in [0.25, 0.3) is 0 Å². The van der Waals surface area contributed by atoms with Crippen molar-refractivity contribution in [2.75, 3.05) is 24.2 Å². The molecule has 1 aromatic rings. The molecule has 16 heavy (non-hydrogen) atoms. The number of hydrogen-bond donors (Lipinski definition) is 2. The zero-order chi connectivity index (χ0) is 12.0. The predicted octanol–water partition coefficient (Wildman–Crippen LogP) is 1.09. The molecular weight excluding hydrogens is 250 g/mol. The number of aromatic nitrogens is 1. The number of nitrogens with one attached hydrogen (secondary N) is 2. The van der Waals surface area contributed by atoms with Crippen LogP contribution in [0.25, 0.3) is 0 Å². The molecule has 5 nitrogen and oxygen atoms in total. The number of rotatable bonds is 6. The topological polar surface area (TPSA) is 71.1 Å². The fourth-order valence-electron chi connectivity index (χ4n) is 1.03. The summed E-state index contributed by atoms with van der Waals surface area (Å²) in [6, 6.07) is 3.44. The lowest BCUT2D eigenvalue weighted by Gasteiger charge is -2.07. The molecule has 0 saturated heterocycles. The molecule has 1 heterocycles. The third kappa shape index (κ3) is 4.78. The maximum Gasteiger partial charge on any atom is 0.211 e. The van der Waals surface area contributed by atoms with Crippen LogP contribution in [0.1, 0.15) is 6.92 Å². The van der Waals surface area contributed by atoms with Crippen LogP contribution in [0.3, 0.4) is 0 Å². The molecule has 0 aliphatic rings. The van der Waals surface area contributed by atoms with E-state index in [9.17, 15) is 8.42 Å². The average Bonchev–Trinajstić information content (AvgIpc) is 2.25. The molecule has 0 aromatic carbocycles. The minimum atomic E-state index is -3.11. The van der Waals surface area contributed by atoms with E-state index in [1.165, 1.54) is 0 Å². The Kier molecular flexibility index (Phi) is 4.98. The number of halogens is 1. The molecule has 0 amide bonds. The summed E-state index contributed by atoms with van der Waals surface area (Å²) < 4.78 is 24.6. The van der Waals surface area contributed by atoms with Gasteiger partial charge in [0.05, 0.1) is 5.75 Å². The molecule has 1 rings (SSSR count). The van der Waals surface area contributed by atoms with E-state index < -0.39 is 10.0 Å². The van der Waals surface area contributed by atoms with E-state index in [2.05, 4.69) is 15.0 Å². The molecule has 1 aromatic heterocycles. The Labute approximate surface area is 100 Å². The van der Waals surface area contributed by atoms with Gasteiger partial charge in [0.2, 0.25) is 10.0 Å². The van der Waals surface area contributed by atoms with Crippen molar-refractivity contribution in [1.29, 1.82) is 0 Å². The van der Waals surface area contributed by atoms with Crippen molar-refractivity contribution in [3.63, 3.8) is 0 Å². The number of anilines is 1. The van der Waals surface area contributed by atoms with Crippen LogP contribution in [-0.4, -0.2) is 32.2 Å². The smallest absolute Gasteiger partial charge is 0.211 e. The summed E-state index contributed by atoms with van der Waals surface area (Å²) in [6.45, 7) is 2.44. The van der Waals surface area contributed by atoms with Crippen LogP contribution < -0.4 is 10.0 Å². The van der Waals surface area contributed by atoms with E-state index in [-0.39, 0.29) is 5.75 Å². The fraction of sp³-hybridized carbons (Fsp3) is 0.444. The molecule has 0 radical (unpaired) electrons. The highest BCUT2D eigenvalue weighted by Crippen LogP contribution is 2.10. The molecule has 0 aliphatic heterocycles. The summed E-state index contributed by atoms with van der Waals surface area (Å²) in [5, 5.41) is 3.43. The van der Waals surface area contributed by atoms with Crippen molar-refractivity contribution in [2.45, 2.75) is 6.92 Å². The minimum Gasteiger partial charge on any atom is -0.384 e. The molecule has 0 atom stereocenters. The highest BCUT2D eigenvalue weighted by molar-refractivity contribution is 7.89. The van der Waals surface area contributed by atoms with Gasteiger partial charge in [0.1, 0.15) is 5.15 Å². The van der Waals surface area contributed by atoms with E-state index >= 15 is 0 Å². The maximum absolute atomic E-state index is 11.1. The van der Waals surface area contributed by atoms with Crippen LogP contribution in [0.15, 0.2) is 18.3 Å². The Morgan fingerprint density at radius 1 is 1.44 bits per heavy atom. The van der Waals surface area contributed by atoms with Crippen LogP contribution in [0, 0.1) is 0 Å². The van der Waals surface area contributed by atoms with Crippen molar-refractivity contribution in [3.8, 4) is 0 Å². The monoisotopic (exact) mass is 263 g/mol. The van der Waals surface area contributed by atoms with Crippen LogP contribution >= 0.6 is 11.6 Å². The van der Waals surface area contributed by atoms with Crippen molar-refractivity contribution in [2.24, 2.45) is 0 Å². The first-order chi connectivity index (χ1) is 7.53. The van der Waals surface area contributed by atoms with Gasteiger partial charge in [0.15, 0.2) is 0 Å². The zero-order valence-electron chi connectivity index (χ0n) is 8.90. The Hall–Kier alpha value is -0.850. The molecular formula is C9H14ClN3O2S. The molecule has 0 aliphatic carbocycles. The van der Waals surface area contributed by atoms with Gasteiger partial charge in [-0.2, -0.15) is 0 Å². The quantitative estimate of drug-likeness (QED) is 0.595. The second-order valence-corrected chi connectivity index (χ2v) is 5.57. The summed E-state index contributed by atoms with van der Waals surface area (Å²) in [5.74, 6) is 0.0914. The van der Waals surface area contributed by atoms with Gasteiger partial charge >= 0.3 is 0 Å². The maximum atomic E-state index is 11.1. The van der Waals surface area contributed by atoms with E-state index in [1.807, 2.05) is 0 Å². The van der Waals surface area contributed by atoms with Gasteiger partial charge in [-0.1, -0.05) is 11.6 Å². The largest absolute Gasteiger partial charge is 0.384 e. The van der Waals surface area contributed by atoms with Gasteiger partial charge < -0.3 is 5.32 Å². The number of nitrogens with zero attached hydrogens (tertiary/aromatic N) is 1. The van der Waals surface area contributed by atoms with Gasteiger partial charge in [-0.15, -0.1) is 0 Å². The van der Waals surface area contributed by atoms with E-state index in [1.54, 1.807) is 25.3 Å². The first-order valence-corrected chi connectivity index (χ1v) is 6.89. The molecule has 90 valence electrons.